The molecule has 0 bridgehead atoms. The molecule has 5 nitrogen and oxygen atoms in total. The number of hydrogen-bond donors (Lipinski definition) is 1. The molecule has 1 amide bonds. The Morgan fingerprint density at radius 3 is 2.75 bits per heavy atom. The fraction of sp³-hybridized carbons (Fsp3) is 0.722. The quantitative estimate of drug-likeness (QED) is 0.875. The van der Waals surface area contributed by atoms with Crippen LogP contribution in [-0.4, -0.2) is 84.7 Å². The number of carbonyl (C=O) groups is 1. The number of hydrogen-bond acceptors (Lipinski definition) is 5. The molecule has 1 N–H and O–H groups in total. The average molecular weight is 352 g/mol. The van der Waals surface area contributed by atoms with Crippen LogP contribution in [0.25, 0.3) is 0 Å². The van der Waals surface area contributed by atoms with Crippen molar-refractivity contribution in [2.24, 2.45) is 5.92 Å². The van der Waals surface area contributed by atoms with Crippen LogP contribution in [0.15, 0.2) is 16.8 Å². The molecule has 0 aromatic carbocycles. The maximum absolute atomic E-state index is 12.7. The SMILES string of the molecule is CN1CCN([C@H]2CCN(C(=O)c3ccsc3)C[C@H]2CCCO)CC1. The van der Waals surface area contributed by atoms with Gasteiger partial charge in [0.2, 0.25) is 0 Å². The number of nitrogens with zero attached hydrogens (tertiary/aromatic N) is 3. The maximum atomic E-state index is 12.7. The number of aliphatic hydroxyl groups excluding tert-OH is 1. The number of likely N-dealkylation sites (N-methyl/N-ethyl adjacent to an activating group) is 1. The van der Waals surface area contributed by atoms with Gasteiger partial charge in [0.1, 0.15) is 0 Å². The molecular formula is C18H29N3O2S. The largest absolute Gasteiger partial charge is 0.396 e. The molecule has 0 spiro atoms. The number of rotatable bonds is 5. The monoisotopic (exact) mass is 351 g/mol. The van der Waals surface area contributed by atoms with E-state index < -0.39 is 0 Å². The molecular weight excluding hydrogens is 322 g/mol. The first-order chi connectivity index (χ1) is 11.7. The van der Waals surface area contributed by atoms with E-state index in [4.69, 9.17) is 0 Å². The molecule has 2 saturated heterocycles. The van der Waals surface area contributed by atoms with Gasteiger partial charge in [0, 0.05) is 57.3 Å². The summed E-state index contributed by atoms with van der Waals surface area (Å²) in [6.45, 7) is 6.41. The first-order valence-electron chi connectivity index (χ1n) is 9.04. The third-order valence-corrected chi connectivity index (χ3v) is 6.17. The molecule has 2 aliphatic heterocycles. The number of aliphatic hydroxyl groups is 1. The number of carbonyl (C=O) groups excluding carboxylic acids is 1. The molecule has 0 unspecified atom stereocenters. The average Bonchev–Trinajstić information content (AvgIpc) is 3.14. The van der Waals surface area contributed by atoms with E-state index in [0.717, 1.165) is 64.1 Å². The van der Waals surface area contributed by atoms with Crippen LogP contribution >= 0.6 is 11.3 Å². The Kier molecular flexibility index (Phi) is 6.27. The van der Waals surface area contributed by atoms with Gasteiger partial charge in [-0.1, -0.05) is 0 Å². The van der Waals surface area contributed by atoms with Crippen molar-refractivity contribution >= 4 is 17.2 Å². The molecule has 1 aromatic rings. The van der Waals surface area contributed by atoms with Crippen LogP contribution in [0.3, 0.4) is 0 Å². The molecule has 3 heterocycles. The summed E-state index contributed by atoms with van der Waals surface area (Å²) in [5, 5.41) is 13.2. The Morgan fingerprint density at radius 2 is 2.08 bits per heavy atom. The summed E-state index contributed by atoms with van der Waals surface area (Å²) >= 11 is 1.58. The molecule has 2 atom stereocenters. The zero-order valence-electron chi connectivity index (χ0n) is 14.6. The van der Waals surface area contributed by atoms with Gasteiger partial charge in [0.25, 0.3) is 5.91 Å². The van der Waals surface area contributed by atoms with E-state index in [-0.39, 0.29) is 12.5 Å². The minimum atomic E-state index is 0.169. The summed E-state index contributed by atoms with van der Waals surface area (Å²) in [6.07, 6.45) is 2.88. The van der Waals surface area contributed by atoms with E-state index in [9.17, 15) is 9.90 Å². The highest BCUT2D eigenvalue weighted by atomic mass is 32.1. The van der Waals surface area contributed by atoms with Crippen molar-refractivity contribution in [2.45, 2.75) is 25.3 Å². The Morgan fingerprint density at radius 1 is 1.29 bits per heavy atom. The van der Waals surface area contributed by atoms with Crippen molar-refractivity contribution in [3.05, 3.63) is 22.4 Å². The van der Waals surface area contributed by atoms with Crippen LogP contribution in [-0.2, 0) is 0 Å². The van der Waals surface area contributed by atoms with Crippen LogP contribution in [0.4, 0.5) is 0 Å². The van der Waals surface area contributed by atoms with Crippen LogP contribution < -0.4 is 0 Å². The van der Waals surface area contributed by atoms with Crippen LogP contribution in [0, 0.1) is 5.92 Å². The Labute approximate surface area is 148 Å². The van der Waals surface area contributed by atoms with Gasteiger partial charge in [-0.3, -0.25) is 9.69 Å². The summed E-state index contributed by atoms with van der Waals surface area (Å²) in [5.41, 5.74) is 0.818. The minimum absolute atomic E-state index is 0.169. The predicted molar refractivity (Wildman–Crippen MR) is 97.5 cm³/mol. The van der Waals surface area contributed by atoms with E-state index in [1.54, 1.807) is 11.3 Å². The highest BCUT2D eigenvalue weighted by Crippen LogP contribution is 2.28. The van der Waals surface area contributed by atoms with Gasteiger partial charge in [0.05, 0.1) is 5.56 Å². The lowest BCUT2D eigenvalue weighted by molar-refractivity contribution is 0.0218. The smallest absolute Gasteiger partial charge is 0.254 e. The number of amides is 1. The van der Waals surface area contributed by atoms with Crippen molar-refractivity contribution in [3.8, 4) is 0 Å². The second-order valence-electron chi connectivity index (χ2n) is 7.08. The summed E-state index contributed by atoms with van der Waals surface area (Å²) in [7, 11) is 2.18. The van der Waals surface area contributed by atoms with Gasteiger partial charge in [-0.15, -0.1) is 0 Å². The molecule has 24 heavy (non-hydrogen) atoms. The Bertz CT molecular complexity index is 514. The molecule has 0 radical (unpaired) electrons. The fourth-order valence-corrected chi connectivity index (χ4v) is 4.67. The second kappa shape index (κ2) is 8.43. The van der Waals surface area contributed by atoms with Crippen LogP contribution in [0.2, 0.25) is 0 Å². The van der Waals surface area contributed by atoms with Crippen molar-refractivity contribution in [1.82, 2.24) is 14.7 Å². The van der Waals surface area contributed by atoms with Crippen molar-refractivity contribution in [2.75, 3.05) is 52.9 Å². The number of piperidine rings is 1. The lowest BCUT2D eigenvalue weighted by Crippen LogP contribution is -2.56. The summed E-state index contributed by atoms with van der Waals surface area (Å²) < 4.78 is 0. The second-order valence-corrected chi connectivity index (χ2v) is 7.86. The van der Waals surface area contributed by atoms with E-state index in [2.05, 4.69) is 16.8 Å². The topological polar surface area (TPSA) is 47.0 Å². The van der Waals surface area contributed by atoms with E-state index in [0.29, 0.717) is 12.0 Å². The van der Waals surface area contributed by atoms with Gasteiger partial charge < -0.3 is 14.9 Å². The van der Waals surface area contributed by atoms with E-state index in [1.165, 1.54) is 0 Å². The maximum Gasteiger partial charge on any atom is 0.254 e. The van der Waals surface area contributed by atoms with Gasteiger partial charge in [-0.2, -0.15) is 11.3 Å². The van der Waals surface area contributed by atoms with Gasteiger partial charge in [0.15, 0.2) is 0 Å². The van der Waals surface area contributed by atoms with Crippen LogP contribution in [0.5, 0.6) is 0 Å². The zero-order chi connectivity index (χ0) is 16.9. The molecule has 3 rings (SSSR count). The summed E-state index contributed by atoms with van der Waals surface area (Å²) in [5.74, 6) is 0.638. The molecule has 0 aliphatic carbocycles. The fourth-order valence-electron chi connectivity index (χ4n) is 4.04. The Balaban J connectivity index is 1.65. The molecule has 2 aliphatic rings. The Hall–Kier alpha value is -0.950. The molecule has 0 saturated carbocycles. The first-order valence-corrected chi connectivity index (χ1v) is 9.98. The first kappa shape index (κ1) is 17.9. The third-order valence-electron chi connectivity index (χ3n) is 5.49. The van der Waals surface area contributed by atoms with E-state index >= 15 is 0 Å². The summed E-state index contributed by atoms with van der Waals surface area (Å²) in [6, 6.07) is 2.47. The van der Waals surface area contributed by atoms with E-state index in [1.807, 2.05) is 21.7 Å². The van der Waals surface area contributed by atoms with Crippen molar-refractivity contribution < 1.29 is 9.90 Å². The van der Waals surface area contributed by atoms with Gasteiger partial charge in [-0.05, 0) is 43.7 Å². The highest BCUT2D eigenvalue weighted by molar-refractivity contribution is 7.08. The molecule has 1 aromatic heterocycles. The number of piperazine rings is 1. The third kappa shape index (κ3) is 4.17. The molecule has 2 fully saturated rings. The normalized spacial score (nSPS) is 26.7. The highest BCUT2D eigenvalue weighted by Gasteiger charge is 2.35. The number of thiophene rings is 1. The minimum Gasteiger partial charge on any atom is -0.396 e. The van der Waals surface area contributed by atoms with Gasteiger partial charge >= 0.3 is 0 Å². The summed E-state index contributed by atoms with van der Waals surface area (Å²) in [4.78, 5) is 19.7. The van der Waals surface area contributed by atoms with Crippen molar-refractivity contribution in [3.63, 3.8) is 0 Å². The lowest BCUT2D eigenvalue weighted by atomic mass is 9.86. The number of likely N-dealkylation sites (tertiary alicyclic amines) is 1. The van der Waals surface area contributed by atoms with Crippen LogP contribution in [0.1, 0.15) is 29.6 Å². The lowest BCUT2D eigenvalue weighted by Gasteiger charge is -2.46. The predicted octanol–water partition coefficient (Wildman–Crippen LogP) is 1.60. The molecule has 134 valence electrons. The van der Waals surface area contributed by atoms with Gasteiger partial charge in [-0.25, -0.2) is 0 Å². The molecule has 6 heteroatoms. The zero-order valence-corrected chi connectivity index (χ0v) is 15.4. The van der Waals surface area contributed by atoms with Crippen molar-refractivity contribution in [1.29, 1.82) is 0 Å². The standard InChI is InChI=1S/C18H29N3O2S/c1-19-7-9-20(10-8-19)17-4-6-21(13-15(17)3-2-11-22)18(23)16-5-12-24-14-16/h5,12,14-15,17,22H,2-4,6-11,13H2,1H3/t15-,17+/m1/s1.